The third-order valence-corrected chi connectivity index (χ3v) is 2.91. The topological polar surface area (TPSA) is 62.6 Å². The summed E-state index contributed by atoms with van der Waals surface area (Å²) < 4.78 is 10.1. The molecule has 1 amide bonds. The zero-order valence-corrected chi connectivity index (χ0v) is 10.5. The first-order valence-electron chi connectivity index (χ1n) is 5.36. The lowest BCUT2D eigenvalue weighted by Gasteiger charge is -2.31. The van der Waals surface area contributed by atoms with E-state index in [0.29, 0.717) is 22.9 Å². The highest BCUT2D eigenvalue weighted by atomic mass is 35.5. The van der Waals surface area contributed by atoms with E-state index in [1.54, 1.807) is 18.2 Å². The van der Waals surface area contributed by atoms with E-state index >= 15 is 0 Å². The number of nitrogens with zero attached hydrogens (tertiary/aromatic N) is 2. The highest BCUT2D eigenvalue weighted by Crippen LogP contribution is 2.34. The van der Waals surface area contributed by atoms with Crippen molar-refractivity contribution < 1.29 is 14.3 Å². The molecule has 0 spiro atoms. The Balaban J connectivity index is 2.47. The van der Waals surface area contributed by atoms with Crippen LogP contribution in [0.1, 0.15) is 6.42 Å². The minimum atomic E-state index is -0.571. The fourth-order valence-electron chi connectivity index (χ4n) is 1.82. The summed E-state index contributed by atoms with van der Waals surface area (Å²) in [6.07, 6.45) is -0.105. The van der Waals surface area contributed by atoms with Crippen molar-refractivity contribution >= 4 is 23.4 Å². The number of amides is 1. The minimum Gasteiger partial charge on any atom is -0.495 e. The van der Waals surface area contributed by atoms with Crippen LogP contribution in [0.25, 0.3) is 0 Å². The van der Waals surface area contributed by atoms with Gasteiger partial charge in [0.2, 0.25) is 0 Å². The van der Waals surface area contributed by atoms with Crippen molar-refractivity contribution in [1.29, 1.82) is 5.26 Å². The second kappa shape index (κ2) is 5.15. The van der Waals surface area contributed by atoms with Crippen LogP contribution in [0.15, 0.2) is 18.2 Å². The molecule has 0 aliphatic carbocycles. The molecule has 1 unspecified atom stereocenters. The molecular weight excluding hydrogens is 256 g/mol. The number of cyclic esters (lactones) is 1. The van der Waals surface area contributed by atoms with E-state index in [0.717, 1.165) is 0 Å². The van der Waals surface area contributed by atoms with Crippen LogP contribution in [0, 0.1) is 11.3 Å². The number of ether oxygens (including phenoxy) is 2. The SMILES string of the molecule is COc1ccc(Cl)cc1N1C(=O)OCCC1C#N. The van der Waals surface area contributed by atoms with Crippen LogP contribution in [0.5, 0.6) is 5.75 Å². The summed E-state index contributed by atoms with van der Waals surface area (Å²) in [5.41, 5.74) is 0.446. The summed E-state index contributed by atoms with van der Waals surface area (Å²) in [6, 6.07) is 6.39. The number of hydrogen-bond donors (Lipinski definition) is 0. The largest absolute Gasteiger partial charge is 0.495 e. The third kappa shape index (κ3) is 2.20. The first-order chi connectivity index (χ1) is 8.67. The second-order valence-corrected chi connectivity index (χ2v) is 4.17. The summed E-state index contributed by atoms with van der Waals surface area (Å²) in [6.45, 7) is 0.246. The molecule has 0 radical (unpaired) electrons. The van der Waals surface area contributed by atoms with Gasteiger partial charge in [0.15, 0.2) is 0 Å². The Hall–Kier alpha value is -1.93. The monoisotopic (exact) mass is 266 g/mol. The molecule has 0 N–H and O–H groups in total. The molecule has 2 rings (SSSR count). The predicted octanol–water partition coefficient (Wildman–Crippen LogP) is 2.59. The van der Waals surface area contributed by atoms with Gasteiger partial charge in [0.25, 0.3) is 0 Å². The van der Waals surface area contributed by atoms with Crippen molar-refractivity contribution in [3.63, 3.8) is 0 Å². The van der Waals surface area contributed by atoms with Crippen molar-refractivity contribution in [2.24, 2.45) is 0 Å². The third-order valence-electron chi connectivity index (χ3n) is 2.67. The summed E-state index contributed by atoms with van der Waals surface area (Å²) in [5, 5.41) is 9.56. The highest BCUT2D eigenvalue weighted by molar-refractivity contribution is 6.31. The van der Waals surface area contributed by atoms with E-state index in [1.807, 2.05) is 0 Å². The van der Waals surface area contributed by atoms with Crippen LogP contribution in [0.4, 0.5) is 10.5 Å². The smallest absolute Gasteiger partial charge is 0.415 e. The van der Waals surface area contributed by atoms with Crippen LogP contribution in [0.2, 0.25) is 5.02 Å². The van der Waals surface area contributed by atoms with E-state index in [2.05, 4.69) is 6.07 Å². The lowest BCUT2D eigenvalue weighted by molar-refractivity contribution is 0.134. The molecule has 1 fully saturated rings. The number of carbonyl (C=O) groups is 1. The van der Waals surface area contributed by atoms with Gasteiger partial charge >= 0.3 is 6.09 Å². The quantitative estimate of drug-likeness (QED) is 0.825. The molecule has 0 saturated carbocycles. The summed E-state index contributed by atoms with van der Waals surface area (Å²) in [5.74, 6) is 0.471. The van der Waals surface area contributed by atoms with E-state index in [1.165, 1.54) is 12.0 Å². The molecule has 1 saturated heterocycles. The van der Waals surface area contributed by atoms with Crippen LogP contribution in [0.3, 0.4) is 0 Å². The second-order valence-electron chi connectivity index (χ2n) is 3.73. The lowest BCUT2D eigenvalue weighted by atomic mass is 10.1. The number of benzene rings is 1. The van der Waals surface area contributed by atoms with Gasteiger partial charge < -0.3 is 9.47 Å². The molecule has 1 atom stereocenters. The van der Waals surface area contributed by atoms with Crippen LogP contribution >= 0.6 is 11.6 Å². The number of carbonyl (C=O) groups excluding carboxylic acids is 1. The van der Waals surface area contributed by atoms with Gasteiger partial charge in [-0.1, -0.05) is 11.6 Å². The van der Waals surface area contributed by atoms with Crippen LogP contribution in [-0.2, 0) is 4.74 Å². The zero-order valence-electron chi connectivity index (χ0n) is 9.72. The molecule has 1 heterocycles. The average molecular weight is 267 g/mol. The van der Waals surface area contributed by atoms with Gasteiger partial charge in [-0.3, -0.25) is 4.90 Å². The Morgan fingerprint density at radius 2 is 2.39 bits per heavy atom. The molecule has 18 heavy (non-hydrogen) atoms. The summed E-state index contributed by atoms with van der Waals surface area (Å²) in [4.78, 5) is 13.1. The Morgan fingerprint density at radius 1 is 1.61 bits per heavy atom. The maximum Gasteiger partial charge on any atom is 0.415 e. The molecule has 94 valence electrons. The van der Waals surface area contributed by atoms with Gasteiger partial charge in [-0.15, -0.1) is 0 Å². The van der Waals surface area contributed by atoms with Crippen molar-refractivity contribution in [2.45, 2.75) is 12.5 Å². The zero-order chi connectivity index (χ0) is 13.1. The average Bonchev–Trinajstić information content (AvgIpc) is 2.38. The Kier molecular flexibility index (Phi) is 3.58. The highest BCUT2D eigenvalue weighted by Gasteiger charge is 2.33. The first kappa shape index (κ1) is 12.5. The number of methoxy groups -OCH3 is 1. The fourth-order valence-corrected chi connectivity index (χ4v) is 1.99. The number of hydrogen-bond acceptors (Lipinski definition) is 4. The van der Waals surface area contributed by atoms with Crippen molar-refractivity contribution in [1.82, 2.24) is 0 Å². The molecule has 1 aromatic rings. The molecule has 1 aliphatic heterocycles. The molecule has 0 aromatic heterocycles. The van der Waals surface area contributed by atoms with E-state index in [9.17, 15) is 4.79 Å². The maximum absolute atomic E-state index is 11.8. The number of anilines is 1. The minimum absolute atomic E-state index is 0.246. The van der Waals surface area contributed by atoms with Crippen molar-refractivity contribution in [3.8, 4) is 11.8 Å². The molecule has 5 nitrogen and oxygen atoms in total. The lowest BCUT2D eigenvalue weighted by Crippen LogP contribution is -2.45. The number of rotatable bonds is 2. The molecular formula is C12H11ClN2O3. The molecule has 1 aliphatic rings. The van der Waals surface area contributed by atoms with E-state index in [-0.39, 0.29) is 6.61 Å². The van der Waals surface area contributed by atoms with Gasteiger partial charge in [0, 0.05) is 11.4 Å². The predicted molar refractivity (Wildman–Crippen MR) is 65.8 cm³/mol. The van der Waals surface area contributed by atoms with Gasteiger partial charge in [-0.05, 0) is 18.2 Å². The fraction of sp³-hybridized carbons (Fsp3) is 0.333. The molecule has 1 aromatic carbocycles. The van der Waals surface area contributed by atoms with Crippen LogP contribution < -0.4 is 9.64 Å². The number of halogens is 1. The summed E-state index contributed by atoms with van der Waals surface area (Å²) in [7, 11) is 1.49. The normalized spacial score (nSPS) is 19.1. The molecule has 0 bridgehead atoms. The first-order valence-corrected chi connectivity index (χ1v) is 5.74. The molecule has 6 heteroatoms. The van der Waals surface area contributed by atoms with Gasteiger partial charge in [-0.2, -0.15) is 5.26 Å². The number of nitriles is 1. The van der Waals surface area contributed by atoms with E-state index < -0.39 is 12.1 Å². The Bertz CT molecular complexity index is 513. The standard InChI is InChI=1S/C12H11ClN2O3/c1-17-11-3-2-8(13)6-10(11)15-9(7-14)4-5-18-12(15)16/h2-3,6,9H,4-5H2,1H3. The van der Waals surface area contributed by atoms with Gasteiger partial charge in [-0.25, -0.2) is 4.79 Å². The maximum atomic E-state index is 11.8. The van der Waals surface area contributed by atoms with E-state index in [4.69, 9.17) is 26.3 Å². The Labute approximate surface area is 109 Å². The van der Waals surface area contributed by atoms with Gasteiger partial charge in [0.05, 0.1) is 25.5 Å². The van der Waals surface area contributed by atoms with Crippen molar-refractivity contribution in [3.05, 3.63) is 23.2 Å². The van der Waals surface area contributed by atoms with Gasteiger partial charge in [0.1, 0.15) is 11.8 Å². The Morgan fingerprint density at radius 3 is 3.06 bits per heavy atom. The summed E-state index contributed by atoms with van der Waals surface area (Å²) >= 11 is 5.91. The van der Waals surface area contributed by atoms with Crippen LogP contribution in [-0.4, -0.2) is 25.9 Å². The van der Waals surface area contributed by atoms with Crippen molar-refractivity contribution in [2.75, 3.05) is 18.6 Å².